The van der Waals surface area contributed by atoms with Gasteiger partial charge in [-0.05, 0) is 50.4 Å². The maximum atomic E-state index is 10.0. The lowest BCUT2D eigenvalue weighted by Gasteiger charge is -2.19. The lowest BCUT2D eigenvalue weighted by Crippen LogP contribution is -2.24. The van der Waals surface area contributed by atoms with Crippen molar-refractivity contribution in [2.75, 3.05) is 0 Å². The van der Waals surface area contributed by atoms with Crippen LogP contribution in [0.3, 0.4) is 0 Å². The Hall–Kier alpha value is 0.830. The summed E-state index contributed by atoms with van der Waals surface area (Å²) < 4.78 is -0.471. The number of rotatable bonds is 3. The van der Waals surface area contributed by atoms with Crippen LogP contribution < -0.4 is 0 Å². The van der Waals surface area contributed by atoms with Crippen molar-refractivity contribution in [1.29, 1.82) is 0 Å². The minimum absolute atomic E-state index is 0.0727. The van der Waals surface area contributed by atoms with Gasteiger partial charge in [-0.1, -0.05) is 0 Å². The highest BCUT2D eigenvalue weighted by Gasteiger charge is 2.56. The lowest BCUT2D eigenvalue weighted by atomic mass is 9.96. The van der Waals surface area contributed by atoms with E-state index in [4.69, 9.17) is 34.8 Å². The lowest BCUT2D eigenvalue weighted by molar-refractivity contribution is 0.125. The average Bonchev–Trinajstić information content (AvgIpc) is 2.98. The van der Waals surface area contributed by atoms with E-state index < -0.39 is 4.33 Å². The second-order valence-corrected chi connectivity index (χ2v) is 8.24. The zero-order valence-electron chi connectivity index (χ0n) is 9.13. The average molecular weight is 284 g/mol. The van der Waals surface area contributed by atoms with Crippen molar-refractivity contribution in [2.45, 2.75) is 53.8 Å². The van der Waals surface area contributed by atoms with Crippen LogP contribution in [0.2, 0.25) is 0 Å². The van der Waals surface area contributed by atoms with E-state index in [-0.39, 0.29) is 11.0 Å². The zero-order valence-corrected chi connectivity index (χ0v) is 11.4. The topological polar surface area (TPSA) is 20.2 Å². The molecule has 3 fully saturated rings. The van der Waals surface area contributed by atoms with Gasteiger partial charge in [0, 0.05) is 5.92 Å². The molecule has 3 aliphatic rings. The predicted octanol–water partition coefficient (Wildman–Crippen LogP) is 3.73. The number of halogens is 3. The molecule has 4 atom stereocenters. The van der Waals surface area contributed by atoms with Gasteiger partial charge in [0.2, 0.25) is 0 Å². The molecule has 1 nitrogen and oxygen atoms in total. The molecule has 0 bridgehead atoms. The molecule has 3 rings (SSSR count). The Bertz CT molecular complexity index is 301. The minimum atomic E-state index is -0.471. The van der Waals surface area contributed by atoms with E-state index in [2.05, 4.69) is 0 Å². The summed E-state index contributed by atoms with van der Waals surface area (Å²) in [5, 5.41) is 10.0. The number of aliphatic hydroxyl groups is 1. The smallest absolute Gasteiger partial charge is 0.121 e. The summed E-state index contributed by atoms with van der Waals surface area (Å²) in [7, 11) is 0. The van der Waals surface area contributed by atoms with Gasteiger partial charge in [-0.3, -0.25) is 0 Å². The van der Waals surface area contributed by atoms with E-state index in [0.717, 1.165) is 38.5 Å². The van der Waals surface area contributed by atoms with E-state index in [1.54, 1.807) is 0 Å². The zero-order chi connectivity index (χ0) is 11.6. The van der Waals surface area contributed by atoms with Crippen molar-refractivity contribution < 1.29 is 5.11 Å². The molecule has 0 aliphatic heterocycles. The van der Waals surface area contributed by atoms with Crippen LogP contribution >= 0.6 is 34.8 Å². The normalized spacial score (nSPS) is 48.0. The molecule has 0 aromatic rings. The third kappa shape index (κ3) is 2.09. The molecule has 0 amide bonds. The SMILES string of the molecule is OC1CC(C[C@@H]2CC2(Cl)Cl)C[C@H]1C1(Cl)CC1. The van der Waals surface area contributed by atoms with Crippen molar-refractivity contribution in [3.05, 3.63) is 0 Å². The van der Waals surface area contributed by atoms with Crippen LogP contribution in [0.5, 0.6) is 0 Å². The monoisotopic (exact) mass is 282 g/mol. The summed E-state index contributed by atoms with van der Waals surface area (Å²) in [6.45, 7) is 0. The van der Waals surface area contributed by atoms with E-state index in [1.807, 2.05) is 0 Å². The third-order valence-corrected chi connectivity index (χ3v) is 6.18. The second kappa shape index (κ2) is 3.66. The van der Waals surface area contributed by atoms with Gasteiger partial charge in [0.1, 0.15) is 4.33 Å². The highest BCUT2D eigenvalue weighted by Crippen LogP contribution is 2.60. The quantitative estimate of drug-likeness (QED) is 0.783. The van der Waals surface area contributed by atoms with Crippen LogP contribution in [-0.2, 0) is 0 Å². The Morgan fingerprint density at radius 1 is 1.12 bits per heavy atom. The molecule has 3 saturated carbocycles. The fraction of sp³-hybridized carbons (Fsp3) is 1.00. The third-order valence-electron chi connectivity index (χ3n) is 4.59. The van der Waals surface area contributed by atoms with Crippen LogP contribution in [-0.4, -0.2) is 20.4 Å². The first kappa shape index (κ1) is 11.9. The van der Waals surface area contributed by atoms with Gasteiger partial charge >= 0.3 is 0 Å². The van der Waals surface area contributed by atoms with Gasteiger partial charge in [0.15, 0.2) is 0 Å². The van der Waals surface area contributed by atoms with Crippen molar-refractivity contribution in [2.24, 2.45) is 17.8 Å². The molecular formula is C12H17Cl3O. The first-order chi connectivity index (χ1) is 7.41. The van der Waals surface area contributed by atoms with Crippen LogP contribution in [0.15, 0.2) is 0 Å². The molecule has 0 spiro atoms. The van der Waals surface area contributed by atoms with E-state index >= 15 is 0 Å². The van der Waals surface area contributed by atoms with E-state index in [9.17, 15) is 5.11 Å². The van der Waals surface area contributed by atoms with Gasteiger partial charge in [0.25, 0.3) is 0 Å². The van der Waals surface area contributed by atoms with Gasteiger partial charge < -0.3 is 5.11 Å². The molecular weight excluding hydrogens is 266 g/mol. The molecule has 4 heteroatoms. The Morgan fingerprint density at radius 2 is 1.75 bits per heavy atom. The van der Waals surface area contributed by atoms with Crippen LogP contribution in [0.4, 0.5) is 0 Å². The maximum absolute atomic E-state index is 10.0. The molecule has 0 saturated heterocycles. The second-order valence-electron chi connectivity index (χ2n) is 5.94. The Kier molecular flexibility index (Phi) is 2.72. The summed E-state index contributed by atoms with van der Waals surface area (Å²) in [5.41, 5.74) is 0. The summed E-state index contributed by atoms with van der Waals surface area (Å²) in [6, 6.07) is 0. The Morgan fingerprint density at radius 3 is 2.25 bits per heavy atom. The molecule has 92 valence electrons. The standard InChI is InChI=1S/C12H17Cl3O/c13-11(1-2-11)9-4-7(5-10(9)16)3-8-6-12(8,14)15/h7-10,16H,1-6H2/t7?,8-,9-,10?/m1/s1. The fourth-order valence-electron chi connectivity index (χ4n) is 3.28. The highest BCUT2D eigenvalue weighted by atomic mass is 35.5. The molecule has 0 aromatic heterocycles. The van der Waals surface area contributed by atoms with Gasteiger partial charge in [-0.2, -0.15) is 0 Å². The van der Waals surface area contributed by atoms with Gasteiger partial charge in [-0.25, -0.2) is 0 Å². The van der Waals surface area contributed by atoms with Gasteiger partial charge in [0.05, 0.1) is 11.0 Å². The van der Waals surface area contributed by atoms with Crippen molar-refractivity contribution >= 4 is 34.8 Å². The molecule has 3 aliphatic carbocycles. The first-order valence-corrected chi connectivity index (χ1v) is 7.29. The van der Waals surface area contributed by atoms with E-state index in [0.29, 0.717) is 17.8 Å². The molecule has 16 heavy (non-hydrogen) atoms. The molecule has 0 heterocycles. The number of aliphatic hydroxyl groups excluding tert-OH is 1. The Labute approximate surface area is 111 Å². The summed E-state index contributed by atoms with van der Waals surface area (Å²) in [4.78, 5) is -0.0727. The summed E-state index contributed by atoms with van der Waals surface area (Å²) in [6.07, 6.45) is 5.86. The summed E-state index contributed by atoms with van der Waals surface area (Å²) in [5.74, 6) is 1.32. The molecule has 0 radical (unpaired) electrons. The van der Waals surface area contributed by atoms with Crippen molar-refractivity contribution in [3.63, 3.8) is 0 Å². The van der Waals surface area contributed by atoms with Gasteiger partial charge in [-0.15, -0.1) is 34.8 Å². The van der Waals surface area contributed by atoms with Crippen LogP contribution in [0.1, 0.15) is 38.5 Å². The van der Waals surface area contributed by atoms with Crippen LogP contribution in [0.25, 0.3) is 0 Å². The van der Waals surface area contributed by atoms with Crippen molar-refractivity contribution in [1.82, 2.24) is 0 Å². The predicted molar refractivity (Wildman–Crippen MR) is 67.2 cm³/mol. The number of hydrogen-bond acceptors (Lipinski definition) is 1. The molecule has 0 aromatic carbocycles. The number of hydrogen-bond donors (Lipinski definition) is 1. The molecule has 1 N–H and O–H groups in total. The summed E-state index contributed by atoms with van der Waals surface area (Å²) >= 11 is 18.5. The van der Waals surface area contributed by atoms with Crippen molar-refractivity contribution in [3.8, 4) is 0 Å². The van der Waals surface area contributed by atoms with Crippen LogP contribution in [0, 0.1) is 17.8 Å². The fourth-order valence-corrected chi connectivity index (χ4v) is 4.16. The first-order valence-electron chi connectivity index (χ1n) is 6.15. The maximum Gasteiger partial charge on any atom is 0.121 e. The van der Waals surface area contributed by atoms with E-state index in [1.165, 1.54) is 0 Å². The highest BCUT2D eigenvalue weighted by molar-refractivity contribution is 6.50. The molecule has 2 unspecified atom stereocenters. The number of alkyl halides is 3. The minimum Gasteiger partial charge on any atom is -0.393 e. The Balaban J connectivity index is 1.56. The largest absolute Gasteiger partial charge is 0.393 e.